The van der Waals surface area contributed by atoms with Crippen LogP contribution in [0.25, 0.3) is 0 Å². The molecule has 11 heteroatoms. The lowest BCUT2D eigenvalue weighted by Gasteiger charge is -2.41. The fourth-order valence-corrected chi connectivity index (χ4v) is 8.10. The van der Waals surface area contributed by atoms with Crippen LogP contribution >= 0.6 is 0 Å². The van der Waals surface area contributed by atoms with Gasteiger partial charge in [-0.3, -0.25) is 19.2 Å². The highest BCUT2D eigenvalue weighted by atomic mass is 16.6. The highest BCUT2D eigenvalue weighted by molar-refractivity contribution is 5.98. The lowest BCUT2D eigenvalue weighted by atomic mass is 9.70. The van der Waals surface area contributed by atoms with Crippen molar-refractivity contribution in [3.8, 4) is 0 Å². The smallest absolute Gasteiger partial charge is 0.313 e. The number of likely N-dealkylation sites (tertiary alicyclic amines) is 1. The number of fused-ring (bicyclic) bond motifs is 1. The molecule has 270 valence electrons. The van der Waals surface area contributed by atoms with E-state index in [4.69, 9.17) is 14.2 Å². The fraction of sp³-hybridized carbons (Fsp3) is 0.632. The molecular weight excluding hydrogens is 626 g/mol. The van der Waals surface area contributed by atoms with Gasteiger partial charge in [-0.15, -0.1) is 13.2 Å². The lowest BCUT2D eigenvalue weighted by Crippen LogP contribution is -2.60. The van der Waals surface area contributed by atoms with Gasteiger partial charge in [-0.2, -0.15) is 0 Å². The number of aliphatic hydroxyl groups excluding tert-OH is 1. The van der Waals surface area contributed by atoms with E-state index in [0.717, 1.165) is 12.8 Å². The molecule has 0 saturated carbocycles. The minimum absolute atomic E-state index is 0.0650. The minimum Gasteiger partial charge on any atom is -0.455 e. The first-order valence-corrected chi connectivity index (χ1v) is 17.7. The Bertz CT molecular complexity index is 1340. The van der Waals surface area contributed by atoms with Gasteiger partial charge in [-0.05, 0) is 44.1 Å². The second-order valence-corrected chi connectivity index (χ2v) is 13.9. The van der Waals surface area contributed by atoms with Crippen LogP contribution in [-0.2, 0) is 33.4 Å². The van der Waals surface area contributed by atoms with Crippen LogP contribution in [0.15, 0.2) is 55.6 Å². The molecule has 0 aliphatic carbocycles. The predicted octanol–water partition coefficient (Wildman–Crippen LogP) is 3.96. The maximum atomic E-state index is 14.7. The van der Waals surface area contributed by atoms with Gasteiger partial charge in [0.05, 0.1) is 43.2 Å². The number of carbonyl (C=O) groups is 4. The summed E-state index contributed by atoms with van der Waals surface area (Å²) >= 11 is 0. The van der Waals surface area contributed by atoms with Crippen molar-refractivity contribution in [1.29, 1.82) is 0 Å². The molecule has 1 unspecified atom stereocenters. The minimum atomic E-state index is -1.26. The fourth-order valence-electron chi connectivity index (χ4n) is 8.10. The molecule has 3 amide bonds. The summed E-state index contributed by atoms with van der Waals surface area (Å²) in [6, 6.07) is 6.57. The van der Waals surface area contributed by atoms with Crippen molar-refractivity contribution in [2.24, 2.45) is 17.8 Å². The summed E-state index contributed by atoms with van der Waals surface area (Å²) in [6.07, 6.45) is 4.97. The second kappa shape index (κ2) is 16.9. The number of nitrogens with zero attached hydrogens (tertiary/aromatic N) is 2. The van der Waals surface area contributed by atoms with E-state index in [1.807, 2.05) is 51.1 Å². The summed E-state index contributed by atoms with van der Waals surface area (Å²) in [5, 5.41) is 13.5. The van der Waals surface area contributed by atoms with Gasteiger partial charge in [0.2, 0.25) is 17.7 Å². The first-order chi connectivity index (χ1) is 23.5. The summed E-state index contributed by atoms with van der Waals surface area (Å²) in [4.78, 5) is 59.9. The summed E-state index contributed by atoms with van der Waals surface area (Å²) < 4.78 is 18.4. The lowest BCUT2D eigenvalue weighted by molar-refractivity contribution is -0.164. The van der Waals surface area contributed by atoms with E-state index in [9.17, 15) is 24.3 Å². The molecular formula is C38H55N3O8. The molecule has 1 aromatic carbocycles. The molecule has 3 saturated heterocycles. The van der Waals surface area contributed by atoms with E-state index in [1.54, 1.807) is 17.1 Å². The Morgan fingerprint density at radius 1 is 1.18 bits per heavy atom. The summed E-state index contributed by atoms with van der Waals surface area (Å²) in [5.41, 5.74) is -0.609. The van der Waals surface area contributed by atoms with E-state index >= 15 is 0 Å². The highest BCUT2D eigenvalue weighted by Crippen LogP contribution is 2.59. The number of nitrogens with one attached hydrogen (secondary N) is 1. The molecule has 9 atom stereocenters. The quantitative estimate of drug-likeness (QED) is 0.166. The molecule has 1 aromatic rings. The van der Waals surface area contributed by atoms with Gasteiger partial charge in [0.25, 0.3) is 0 Å². The van der Waals surface area contributed by atoms with Crippen molar-refractivity contribution in [2.75, 3.05) is 26.9 Å². The number of esters is 1. The molecule has 2 bridgehead atoms. The topological polar surface area (TPSA) is 135 Å². The van der Waals surface area contributed by atoms with Crippen molar-refractivity contribution >= 4 is 23.7 Å². The predicted molar refractivity (Wildman–Crippen MR) is 185 cm³/mol. The van der Waals surface area contributed by atoms with Crippen LogP contribution in [0.3, 0.4) is 0 Å². The monoisotopic (exact) mass is 681 g/mol. The number of methoxy groups -OCH3 is 1. The zero-order valence-corrected chi connectivity index (χ0v) is 29.7. The number of aliphatic hydroxyl groups is 1. The summed E-state index contributed by atoms with van der Waals surface area (Å²) in [6.45, 7) is 15.4. The van der Waals surface area contributed by atoms with Gasteiger partial charge >= 0.3 is 5.97 Å². The third kappa shape index (κ3) is 7.64. The van der Waals surface area contributed by atoms with Gasteiger partial charge in [0.15, 0.2) is 0 Å². The van der Waals surface area contributed by atoms with Gasteiger partial charge < -0.3 is 34.4 Å². The maximum absolute atomic E-state index is 14.7. The number of ether oxygens (including phenoxy) is 3. The normalized spacial score (nSPS) is 26.5. The summed E-state index contributed by atoms with van der Waals surface area (Å²) in [5.74, 6) is -3.68. The Hall–Kier alpha value is -3.54. The van der Waals surface area contributed by atoms with Gasteiger partial charge in [-0.25, -0.2) is 0 Å². The number of allylic oxidation sites excluding steroid dienone is 1. The Kier molecular flexibility index (Phi) is 13.2. The standard InChI is InChI=1S/C38H55N3O8/c1-8-11-18-30(43)39-27(23-47-7)33(26-16-13-12-14-17-26)48-37(46)31-29-19-20-38(49-29)32(31)35(44)41(28(22-42)24(4)5)34(38)36(45)40(21-10-3)25(6)15-9-2/h8,10,12-14,16-17,24-25,27-29,31-34,42H,1,3,9,11,15,18-23H2,2,4-7H3,(H,39,43)/t25?,27-,28-,29-,31+,32+,33-,34-,38+/m0/s1. The molecule has 2 N–H and O–H groups in total. The molecule has 1 spiro atoms. The van der Waals surface area contributed by atoms with E-state index in [2.05, 4.69) is 25.4 Å². The van der Waals surface area contributed by atoms with Crippen LogP contribution in [-0.4, -0.2) is 101 Å². The average Bonchev–Trinajstić information content (AvgIpc) is 3.73. The largest absolute Gasteiger partial charge is 0.455 e. The van der Waals surface area contributed by atoms with E-state index in [-0.39, 0.29) is 55.9 Å². The molecule has 0 radical (unpaired) electrons. The Labute approximate surface area is 291 Å². The van der Waals surface area contributed by atoms with Crippen LogP contribution in [0.2, 0.25) is 0 Å². The van der Waals surface area contributed by atoms with Gasteiger partial charge in [0, 0.05) is 26.1 Å². The zero-order chi connectivity index (χ0) is 35.9. The SMILES string of the molecule is C=CCCC(=O)N[C@@H](COC)[C@@H](OC(=O)[C@@H]1[C@@H]2CC[C@]3(O2)[C@H](C(=O)N(CC=C)C(C)CCC)N([C@@H](CO)C(C)C)C(=O)[C@@H]13)c1ccccc1. The number of carbonyl (C=O) groups excluding carboxylic acids is 4. The van der Waals surface area contributed by atoms with Crippen molar-refractivity contribution in [1.82, 2.24) is 15.1 Å². The maximum Gasteiger partial charge on any atom is 0.313 e. The second-order valence-electron chi connectivity index (χ2n) is 13.9. The molecule has 4 rings (SSSR count). The number of benzene rings is 1. The average molecular weight is 682 g/mol. The third-order valence-corrected chi connectivity index (χ3v) is 10.4. The number of amides is 3. The molecule has 3 fully saturated rings. The highest BCUT2D eigenvalue weighted by Gasteiger charge is 2.76. The van der Waals surface area contributed by atoms with Crippen LogP contribution in [0, 0.1) is 17.8 Å². The van der Waals surface area contributed by atoms with E-state index in [1.165, 1.54) is 12.0 Å². The molecule has 49 heavy (non-hydrogen) atoms. The van der Waals surface area contributed by atoms with Crippen molar-refractivity contribution in [3.05, 3.63) is 61.2 Å². The van der Waals surface area contributed by atoms with E-state index in [0.29, 0.717) is 24.8 Å². The van der Waals surface area contributed by atoms with Gasteiger partial charge in [0.1, 0.15) is 17.7 Å². The van der Waals surface area contributed by atoms with Crippen molar-refractivity contribution < 1.29 is 38.5 Å². The van der Waals surface area contributed by atoms with Crippen LogP contribution in [0.5, 0.6) is 0 Å². The zero-order valence-electron chi connectivity index (χ0n) is 29.7. The molecule has 0 aromatic heterocycles. The van der Waals surface area contributed by atoms with Crippen molar-refractivity contribution in [3.63, 3.8) is 0 Å². The first kappa shape index (κ1) is 38.3. The van der Waals surface area contributed by atoms with E-state index < -0.39 is 53.7 Å². The van der Waals surface area contributed by atoms with Crippen LogP contribution < -0.4 is 5.32 Å². The number of hydrogen-bond acceptors (Lipinski definition) is 8. The third-order valence-electron chi connectivity index (χ3n) is 10.4. The van der Waals surface area contributed by atoms with Crippen LogP contribution in [0.4, 0.5) is 0 Å². The number of hydrogen-bond donors (Lipinski definition) is 2. The molecule has 3 heterocycles. The van der Waals surface area contributed by atoms with Crippen molar-refractivity contribution in [2.45, 2.75) is 108 Å². The Balaban J connectivity index is 1.74. The Morgan fingerprint density at radius 2 is 1.90 bits per heavy atom. The first-order valence-electron chi connectivity index (χ1n) is 17.7. The van der Waals surface area contributed by atoms with Crippen LogP contribution in [0.1, 0.15) is 77.9 Å². The molecule has 3 aliphatic heterocycles. The molecule has 11 nitrogen and oxygen atoms in total. The van der Waals surface area contributed by atoms with Gasteiger partial charge in [-0.1, -0.05) is 69.7 Å². The number of rotatable bonds is 19. The Morgan fingerprint density at radius 3 is 2.49 bits per heavy atom. The molecule has 3 aliphatic rings. The summed E-state index contributed by atoms with van der Waals surface area (Å²) in [7, 11) is 1.51.